The van der Waals surface area contributed by atoms with Crippen molar-refractivity contribution in [2.75, 3.05) is 20.1 Å². The molecule has 0 atom stereocenters. The SMILES string of the molecule is CN1C(=O)CN(Cc2ccccc2)NC(=O)CN1Cc1ccccc1. The van der Waals surface area contributed by atoms with Crippen LogP contribution in [0.1, 0.15) is 11.1 Å². The van der Waals surface area contributed by atoms with Gasteiger partial charge in [0.05, 0.1) is 13.1 Å². The Morgan fingerprint density at radius 3 is 2.00 bits per heavy atom. The number of rotatable bonds is 4. The second-order valence-electron chi connectivity index (χ2n) is 6.10. The molecule has 25 heavy (non-hydrogen) atoms. The number of carbonyl (C=O) groups is 2. The van der Waals surface area contributed by atoms with Crippen molar-refractivity contribution in [1.29, 1.82) is 0 Å². The van der Waals surface area contributed by atoms with E-state index in [0.717, 1.165) is 11.1 Å². The molecule has 0 spiro atoms. The zero-order valence-corrected chi connectivity index (χ0v) is 14.3. The van der Waals surface area contributed by atoms with E-state index in [1.54, 1.807) is 22.1 Å². The molecule has 1 heterocycles. The minimum absolute atomic E-state index is 0.0631. The molecule has 0 bridgehead atoms. The predicted octanol–water partition coefficient (Wildman–Crippen LogP) is 1.41. The first-order valence-corrected chi connectivity index (χ1v) is 8.25. The highest BCUT2D eigenvalue weighted by molar-refractivity contribution is 5.82. The van der Waals surface area contributed by atoms with Crippen LogP contribution in [-0.4, -0.2) is 47.0 Å². The highest BCUT2D eigenvalue weighted by atomic mass is 16.2. The number of amides is 2. The van der Waals surface area contributed by atoms with Gasteiger partial charge in [0, 0.05) is 20.1 Å². The first-order valence-electron chi connectivity index (χ1n) is 8.25. The molecule has 1 fully saturated rings. The molecule has 0 saturated carbocycles. The fraction of sp³-hybridized carbons (Fsp3) is 0.263. The molecule has 0 unspecified atom stereocenters. The summed E-state index contributed by atoms with van der Waals surface area (Å²) >= 11 is 0. The van der Waals surface area contributed by atoms with Crippen LogP contribution in [-0.2, 0) is 22.7 Å². The van der Waals surface area contributed by atoms with Gasteiger partial charge in [-0.1, -0.05) is 60.7 Å². The molecule has 2 aromatic rings. The maximum atomic E-state index is 12.6. The summed E-state index contributed by atoms with van der Waals surface area (Å²) in [6.45, 7) is 1.25. The van der Waals surface area contributed by atoms with Gasteiger partial charge >= 0.3 is 0 Å². The molecule has 1 aliphatic heterocycles. The monoisotopic (exact) mass is 338 g/mol. The maximum absolute atomic E-state index is 12.6. The minimum atomic E-state index is -0.133. The van der Waals surface area contributed by atoms with E-state index in [2.05, 4.69) is 5.43 Å². The number of hydrogen-bond donors (Lipinski definition) is 1. The first kappa shape index (κ1) is 17.1. The van der Waals surface area contributed by atoms with Crippen molar-refractivity contribution in [2.45, 2.75) is 13.1 Å². The lowest BCUT2D eigenvalue weighted by Gasteiger charge is -2.36. The van der Waals surface area contributed by atoms with Crippen LogP contribution in [0.3, 0.4) is 0 Å². The standard InChI is InChI=1S/C19H22N4O2/c1-21-19(25)15-22(12-16-8-4-2-5-9-16)20-18(24)14-23(21)13-17-10-6-3-7-11-17/h2-11H,12-15H2,1H3,(H,20,24). The average molecular weight is 338 g/mol. The van der Waals surface area contributed by atoms with Crippen molar-refractivity contribution in [2.24, 2.45) is 0 Å². The highest BCUT2D eigenvalue weighted by Gasteiger charge is 2.26. The molecule has 2 aromatic carbocycles. The van der Waals surface area contributed by atoms with Crippen LogP contribution >= 0.6 is 0 Å². The maximum Gasteiger partial charge on any atom is 0.252 e. The molecule has 130 valence electrons. The zero-order chi connectivity index (χ0) is 17.6. The molecular formula is C19H22N4O2. The molecular weight excluding hydrogens is 316 g/mol. The van der Waals surface area contributed by atoms with Crippen molar-refractivity contribution in [3.8, 4) is 0 Å². The largest absolute Gasteiger partial charge is 0.287 e. The molecule has 3 rings (SSSR count). The molecule has 0 radical (unpaired) electrons. The van der Waals surface area contributed by atoms with Crippen molar-refractivity contribution in [3.63, 3.8) is 0 Å². The van der Waals surface area contributed by atoms with Gasteiger partial charge in [-0.05, 0) is 11.1 Å². The van der Waals surface area contributed by atoms with Gasteiger partial charge in [-0.3, -0.25) is 20.0 Å². The van der Waals surface area contributed by atoms with Crippen LogP contribution in [0.15, 0.2) is 60.7 Å². The average Bonchev–Trinajstić information content (AvgIpc) is 2.61. The van der Waals surface area contributed by atoms with Crippen LogP contribution in [0.25, 0.3) is 0 Å². The Hall–Kier alpha value is -2.70. The van der Waals surface area contributed by atoms with Crippen molar-refractivity contribution in [1.82, 2.24) is 20.5 Å². The summed E-state index contributed by atoms with van der Waals surface area (Å²) in [5.74, 6) is -0.196. The van der Waals surface area contributed by atoms with Crippen LogP contribution in [0, 0.1) is 0 Å². The quantitative estimate of drug-likeness (QED) is 0.916. The van der Waals surface area contributed by atoms with Gasteiger partial charge in [0.1, 0.15) is 0 Å². The van der Waals surface area contributed by atoms with Crippen molar-refractivity contribution >= 4 is 11.8 Å². The van der Waals surface area contributed by atoms with Gasteiger partial charge in [-0.25, -0.2) is 10.0 Å². The number of likely N-dealkylation sites (N-methyl/N-ethyl adjacent to an activating group) is 1. The lowest BCUT2D eigenvalue weighted by Crippen LogP contribution is -2.58. The molecule has 6 heteroatoms. The second kappa shape index (κ2) is 7.92. The fourth-order valence-electron chi connectivity index (χ4n) is 2.80. The number of carbonyl (C=O) groups excluding carboxylic acids is 2. The summed E-state index contributed by atoms with van der Waals surface area (Å²) < 4.78 is 0. The molecule has 0 aliphatic carbocycles. The highest BCUT2D eigenvalue weighted by Crippen LogP contribution is 2.10. The van der Waals surface area contributed by atoms with E-state index in [0.29, 0.717) is 13.1 Å². The number of nitrogens with zero attached hydrogens (tertiary/aromatic N) is 3. The van der Waals surface area contributed by atoms with Crippen LogP contribution in [0.4, 0.5) is 0 Å². The van der Waals surface area contributed by atoms with Gasteiger partial charge in [0.25, 0.3) is 5.91 Å². The number of nitrogens with one attached hydrogen (secondary N) is 1. The van der Waals surface area contributed by atoms with E-state index >= 15 is 0 Å². The normalized spacial score (nSPS) is 17.1. The fourth-order valence-corrected chi connectivity index (χ4v) is 2.80. The predicted molar refractivity (Wildman–Crippen MR) is 94.6 cm³/mol. The number of benzene rings is 2. The molecule has 1 N–H and O–H groups in total. The van der Waals surface area contributed by atoms with Crippen molar-refractivity contribution < 1.29 is 9.59 Å². The van der Waals surface area contributed by atoms with E-state index < -0.39 is 0 Å². The third-order valence-electron chi connectivity index (χ3n) is 4.14. The smallest absolute Gasteiger partial charge is 0.252 e. The van der Waals surface area contributed by atoms with E-state index in [1.165, 1.54) is 0 Å². The van der Waals surface area contributed by atoms with E-state index in [4.69, 9.17) is 0 Å². The summed E-state index contributed by atoms with van der Waals surface area (Å²) in [4.78, 5) is 24.9. The Balaban J connectivity index is 1.69. The molecule has 1 saturated heterocycles. The Morgan fingerprint density at radius 1 is 0.840 bits per heavy atom. The Kier molecular flexibility index (Phi) is 5.42. The molecule has 0 aromatic heterocycles. The Morgan fingerprint density at radius 2 is 1.40 bits per heavy atom. The Bertz CT molecular complexity index is 721. The van der Waals surface area contributed by atoms with Gasteiger partial charge in [-0.2, -0.15) is 0 Å². The lowest BCUT2D eigenvalue weighted by atomic mass is 10.2. The Labute approximate surface area is 147 Å². The summed E-state index contributed by atoms with van der Waals surface area (Å²) in [5.41, 5.74) is 4.93. The number of hydrogen-bond acceptors (Lipinski definition) is 4. The first-order chi connectivity index (χ1) is 12.1. The van der Waals surface area contributed by atoms with Gasteiger partial charge in [0.2, 0.25) is 5.91 Å². The van der Waals surface area contributed by atoms with E-state index in [9.17, 15) is 9.59 Å². The minimum Gasteiger partial charge on any atom is -0.287 e. The third kappa shape index (κ3) is 4.65. The zero-order valence-electron chi connectivity index (χ0n) is 14.3. The number of hydrazine groups is 2. The third-order valence-corrected chi connectivity index (χ3v) is 4.14. The summed E-state index contributed by atoms with van der Waals surface area (Å²) in [6.07, 6.45) is 0. The van der Waals surface area contributed by atoms with Crippen molar-refractivity contribution in [3.05, 3.63) is 71.8 Å². The summed E-state index contributed by atoms with van der Waals surface area (Å²) in [7, 11) is 1.71. The van der Waals surface area contributed by atoms with Crippen LogP contribution in [0.2, 0.25) is 0 Å². The van der Waals surface area contributed by atoms with Gasteiger partial charge in [-0.15, -0.1) is 0 Å². The summed E-state index contributed by atoms with van der Waals surface area (Å²) in [5, 5.41) is 4.97. The second-order valence-corrected chi connectivity index (χ2v) is 6.10. The topological polar surface area (TPSA) is 55.9 Å². The van der Waals surface area contributed by atoms with Gasteiger partial charge in [0.15, 0.2) is 0 Å². The van der Waals surface area contributed by atoms with Gasteiger partial charge < -0.3 is 0 Å². The van der Waals surface area contributed by atoms with E-state index in [1.807, 2.05) is 60.7 Å². The van der Waals surface area contributed by atoms with Crippen LogP contribution in [0.5, 0.6) is 0 Å². The lowest BCUT2D eigenvalue weighted by molar-refractivity contribution is -0.157. The summed E-state index contributed by atoms with van der Waals surface area (Å²) in [6, 6.07) is 19.6. The molecule has 6 nitrogen and oxygen atoms in total. The van der Waals surface area contributed by atoms with Crippen LogP contribution < -0.4 is 5.43 Å². The molecule has 1 aliphatic rings. The van der Waals surface area contributed by atoms with E-state index in [-0.39, 0.29) is 24.9 Å². The molecule has 2 amide bonds.